The average molecular weight is 150 g/mol. The van der Waals surface area contributed by atoms with Gasteiger partial charge in [-0.3, -0.25) is 0 Å². The molecule has 0 heteroatoms. The Bertz CT molecular complexity index is 151. The molecule has 3 aliphatic carbocycles. The zero-order valence-corrected chi connectivity index (χ0v) is 7.31. The van der Waals surface area contributed by atoms with E-state index in [4.69, 9.17) is 0 Å². The first-order valence-electron chi connectivity index (χ1n) is 5.42. The van der Waals surface area contributed by atoms with Crippen LogP contribution in [0.3, 0.4) is 0 Å². The van der Waals surface area contributed by atoms with E-state index in [-0.39, 0.29) is 0 Å². The van der Waals surface area contributed by atoms with Crippen molar-refractivity contribution in [1.82, 2.24) is 0 Å². The zero-order valence-electron chi connectivity index (χ0n) is 7.31. The molecule has 0 aliphatic heterocycles. The lowest BCUT2D eigenvalue weighted by atomic mass is 10.1. The van der Waals surface area contributed by atoms with Gasteiger partial charge in [0.1, 0.15) is 0 Å². The van der Waals surface area contributed by atoms with E-state index in [9.17, 15) is 0 Å². The molecule has 3 aliphatic rings. The molecule has 0 saturated heterocycles. The highest BCUT2D eigenvalue weighted by Crippen LogP contribution is 2.77. The van der Waals surface area contributed by atoms with Gasteiger partial charge in [0.25, 0.3) is 0 Å². The molecule has 0 radical (unpaired) electrons. The highest BCUT2D eigenvalue weighted by molar-refractivity contribution is 5.17. The second-order valence-electron chi connectivity index (χ2n) is 5.03. The van der Waals surface area contributed by atoms with Crippen LogP contribution in [0.15, 0.2) is 0 Å². The van der Waals surface area contributed by atoms with Crippen molar-refractivity contribution in [1.29, 1.82) is 0 Å². The van der Waals surface area contributed by atoms with Gasteiger partial charge in [0, 0.05) is 0 Å². The molecule has 0 nitrogen and oxygen atoms in total. The SMILES string of the molecule is C1CCCC2CC23CC3CC1. The van der Waals surface area contributed by atoms with Gasteiger partial charge in [-0.2, -0.15) is 0 Å². The molecule has 3 saturated carbocycles. The van der Waals surface area contributed by atoms with E-state index in [1.807, 2.05) is 0 Å². The first kappa shape index (κ1) is 6.51. The Morgan fingerprint density at radius 3 is 1.82 bits per heavy atom. The molecule has 62 valence electrons. The lowest BCUT2D eigenvalue weighted by Crippen LogP contribution is -1.83. The fourth-order valence-corrected chi connectivity index (χ4v) is 3.46. The monoisotopic (exact) mass is 150 g/mol. The summed E-state index contributed by atoms with van der Waals surface area (Å²) in [5.74, 6) is 2.40. The molecule has 3 rings (SSSR count). The quantitative estimate of drug-likeness (QED) is 0.496. The molecule has 0 aromatic rings. The van der Waals surface area contributed by atoms with Gasteiger partial charge in [0.2, 0.25) is 0 Å². The van der Waals surface area contributed by atoms with E-state index >= 15 is 0 Å². The summed E-state index contributed by atoms with van der Waals surface area (Å²) in [5.41, 5.74) is 0.977. The Balaban J connectivity index is 1.68. The van der Waals surface area contributed by atoms with Crippen molar-refractivity contribution in [2.45, 2.75) is 51.4 Å². The van der Waals surface area contributed by atoms with Gasteiger partial charge in [-0.05, 0) is 42.9 Å². The summed E-state index contributed by atoms with van der Waals surface area (Å²) in [6.07, 6.45) is 12.5. The maximum Gasteiger partial charge on any atom is -0.0235 e. The van der Waals surface area contributed by atoms with Gasteiger partial charge in [-0.15, -0.1) is 0 Å². The fraction of sp³-hybridized carbons (Fsp3) is 1.00. The first-order valence-corrected chi connectivity index (χ1v) is 5.42. The Kier molecular flexibility index (Phi) is 1.20. The number of hydrogen-bond acceptors (Lipinski definition) is 0. The van der Waals surface area contributed by atoms with Crippen molar-refractivity contribution in [3.05, 3.63) is 0 Å². The maximum absolute atomic E-state index is 1.62. The van der Waals surface area contributed by atoms with Gasteiger partial charge in [0.05, 0.1) is 0 Å². The molecule has 0 amide bonds. The van der Waals surface area contributed by atoms with Crippen LogP contribution >= 0.6 is 0 Å². The molecule has 0 aromatic heterocycles. The molecule has 0 N–H and O–H groups in total. The summed E-state index contributed by atoms with van der Waals surface area (Å²) in [6, 6.07) is 0. The third kappa shape index (κ3) is 0.878. The predicted octanol–water partition coefficient (Wildman–Crippen LogP) is 3.37. The summed E-state index contributed by atoms with van der Waals surface area (Å²) in [5, 5.41) is 0. The van der Waals surface area contributed by atoms with Crippen LogP contribution in [0, 0.1) is 17.3 Å². The van der Waals surface area contributed by atoms with Crippen LogP contribution in [0.2, 0.25) is 0 Å². The standard InChI is InChI=1S/C11H18/c1-2-4-6-10-8-11(10)7-9(11)5-3-1/h9-10H,1-8H2. The minimum Gasteiger partial charge on any atom is -0.0533 e. The Labute approximate surface area is 69.4 Å². The summed E-state index contributed by atoms with van der Waals surface area (Å²) in [4.78, 5) is 0. The minimum absolute atomic E-state index is 0.977. The summed E-state index contributed by atoms with van der Waals surface area (Å²) < 4.78 is 0. The van der Waals surface area contributed by atoms with Gasteiger partial charge in [-0.25, -0.2) is 0 Å². The van der Waals surface area contributed by atoms with Crippen LogP contribution in [0.1, 0.15) is 51.4 Å². The third-order valence-corrected chi connectivity index (χ3v) is 4.41. The normalized spacial score (nSPS) is 54.5. The van der Waals surface area contributed by atoms with Crippen LogP contribution in [0.5, 0.6) is 0 Å². The molecule has 11 heavy (non-hydrogen) atoms. The molecule has 0 heterocycles. The zero-order chi connectivity index (χ0) is 7.31. The van der Waals surface area contributed by atoms with Crippen LogP contribution in [-0.4, -0.2) is 0 Å². The van der Waals surface area contributed by atoms with Crippen LogP contribution in [-0.2, 0) is 0 Å². The Morgan fingerprint density at radius 1 is 0.727 bits per heavy atom. The smallest absolute Gasteiger partial charge is 0.0235 e. The van der Waals surface area contributed by atoms with E-state index in [0.29, 0.717) is 0 Å². The molecule has 3 fully saturated rings. The average Bonchev–Trinajstić information content (AvgIpc) is 2.88. The van der Waals surface area contributed by atoms with Crippen molar-refractivity contribution in [2.24, 2.45) is 17.3 Å². The van der Waals surface area contributed by atoms with Gasteiger partial charge in [0.15, 0.2) is 0 Å². The largest absolute Gasteiger partial charge is 0.0533 e. The van der Waals surface area contributed by atoms with E-state index in [2.05, 4.69) is 0 Å². The van der Waals surface area contributed by atoms with Gasteiger partial charge >= 0.3 is 0 Å². The highest BCUT2D eigenvalue weighted by Gasteiger charge is 2.68. The summed E-state index contributed by atoms with van der Waals surface area (Å²) >= 11 is 0. The Morgan fingerprint density at radius 2 is 1.27 bits per heavy atom. The van der Waals surface area contributed by atoms with Crippen LogP contribution < -0.4 is 0 Å². The predicted molar refractivity (Wildman–Crippen MR) is 46.3 cm³/mol. The highest BCUT2D eigenvalue weighted by atomic mass is 14.7. The molecular weight excluding hydrogens is 132 g/mol. The van der Waals surface area contributed by atoms with Crippen molar-refractivity contribution in [2.75, 3.05) is 0 Å². The van der Waals surface area contributed by atoms with Crippen molar-refractivity contribution in [3.8, 4) is 0 Å². The van der Waals surface area contributed by atoms with Crippen molar-refractivity contribution < 1.29 is 0 Å². The molecule has 1 spiro atoms. The number of hydrogen-bond donors (Lipinski definition) is 0. The van der Waals surface area contributed by atoms with Crippen molar-refractivity contribution >= 4 is 0 Å². The second-order valence-corrected chi connectivity index (χ2v) is 5.03. The topological polar surface area (TPSA) is 0 Å². The second kappa shape index (κ2) is 2.02. The maximum atomic E-state index is 1.62. The van der Waals surface area contributed by atoms with E-state index in [1.54, 1.807) is 38.5 Å². The van der Waals surface area contributed by atoms with E-state index in [0.717, 1.165) is 5.41 Å². The van der Waals surface area contributed by atoms with Gasteiger partial charge in [-0.1, -0.05) is 25.7 Å². The van der Waals surface area contributed by atoms with E-state index in [1.165, 1.54) is 24.7 Å². The lowest BCUT2D eigenvalue weighted by molar-refractivity contribution is 0.577. The van der Waals surface area contributed by atoms with Gasteiger partial charge < -0.3 is 0 Å². The third-order valence-electron chi connectivity index (χ3n) is 4.41. The summed E-state index contributed by atoms with van der Waals surface area (Å²) in [6.45, 7) is 0. The molecular formula is C11H18. The Hall–Kier alpha value is 0. The molecule has 2 atom stereocenters. The fourth-order valence-electron chi connectivity index (χ4n) is 3.46. The molecule has 2 unspecified atom stereocenters. The minimum atomic E-state index is 0.977. The van der Waals surface area contributed by atoms with E-state index < -0.39 is 0 Å². The number of rotatable bonds is 0. The van der Waals surface area contributed by atoms with Crippen LogP contribution in [0.4, 0.5) is 0 Å². The van der Waals surface area contributed by atoms with Crippen LogP contribution in [0.25, 0.3) is 0 Å². The summed E-state index contributed by atoms with van der Waals surface area (Å²) in [7, 11) is 0. The molecule has 0 bridgehead atoms. The molecule has 0 aromatic carbocycles. The first-order chi connectivity index (χ1) is 5.42. The lowest BCUT2D eigenvalue weighted by Gasteiger charge is -1.97. The van der Waals surface area contributed by atoms with Crippen molar-refractivity contribution in [3.63, 3.8) is 0 Å².